The number of ether oxygens (including phenoxy) is 1. The third kappa shape index (κ3) is 5.42. The van der Waals surface area contributed by atoms with Crippen molar-refractivity contribution in [1.82, 2.24) is 15.0 Å². The molecule has 0 atom stereocenters. The Labute approximate surface area is 198 Å². The van der Waals surface area contributed by atoms with Crippen LogP contribution in [-0.4, -0.2) is 71.9 Å². The molecule has 0 spiro atoms. The van der Waals surface area contributed by atoms with Gasteiger partial charge >= 0.3 is 6.09 Å². The largest absolute Gasteiger partial charge is 0.444 e. The Morgan fingerprint density at radius 1 is 1.24 bits per heavy atom. The number of amides is 1. The number of nitrogens with zero attached hydrogens (tertiary/aromatic N) is 5. The van der Waals surface area contributed by atoms with Crippen LogP contribution in [0.15, 0.2) is 22.7 Å². The molecule has 0 N–H and O–H groups in total. The summed E-state index contributed by atoms with van der Waals surface area (Å²) in [5.74, 6) is -2.80. The fourth-order valence-corrected chi connectivity index (χ4v) is 4.22. The van der Waals surface area contributed by atoms with Crippen molar-refractivity contribution < 1.29 is 22.8 Å². The fraction of sp³-hybridized carbons (Fsp3) is 0.625. The molecule has 10 heteroatoms. The van der Waals surface area contributed by atoms with Gasteiger partial charge in [-0.3, -0.25) is 0 Å². The number of halogens is 2. The standard InChI is InChI=1S/C24H33F2N5O3/c1-16-9-10-17(13-19(16)29(5)18-7-6-8-18)20-27-21(28-34-20)30-11-12-31(15-24(25,26)14-30)22(32)33-23(2,3)4/h9-10,13,18H,6-8,11-12,14-15H2,1-5H3. The number of aryl methyl sites for hydroxylation is 1. The van der Waals surface area contributed by atoms with Gasteiger partial charge in [0.15, 0.2) is 0 Å². The zero-order valence-electron chi connectivity index (χ0n) is 20.5. The molecule has 2 aromatic rings. The minimum absolute atomic E-state index is 0.0647. The first-order valence-electron chi connectivity index (χ1n) is 11.7. The number of aromatic nitrogens is 2. The van der Waals surface area contributed by atoms with Gasteiger partial charge in [0.1, 0.15) is 5.60 Å². The van der Waals surface area contributed by atoms with Crippen molar-refractivity contribution in [3.63, 3.8) is 0 Å². The number of anilines is 2. The van der Waals surface area contributed by atoms with E-state index in [1.807, 2.05) is 18.2 Å². The highest BCUT2D eigenvalue weighted by atomic mass is 19.3. The molecular formula is C24H33F2N5O3. The minimum atomic E-state index is -3.16. The summed E-state index contributed by atoms with van der Waals surface area (Å²) in [6, 6.07) is 6.43. The van der Waals surface area contributed by atoms with Crippen molar-refractivity contribution in [2.24, 2.45) is 0 Å². The second-order valence-electron chi connectivity index (χ2n) is 10.3. The molecule has 34 heavy (non-hydrogen) atoms. The van der Waals surface area contributed by atoms with Gasteiger partial charge in [-0.1, -0.05) is 6.07 Å². The van der Waals surface area contributed by atoms with Crippen molar-refractivity contribution in [2.75, 3.05) is 43.0 Å². The molecule has 1 saturated heterocycles. The summed E-state index contributed by atoms with van der Waals surface area (Å²) in [5.41, 5.74) is 2.21. The summed E-state index contributed by atoms with van der Waals surface area (Å²) >= 11 is 0. The van der Waals surface area contributed by atoms with Crippen molar-refractivity contribution in [1.29, 1.82) is 0 Å². The highest BCUT2D eigenvalue weighted by Crippen LogP contribution is 2.33. The lowest BCUT2D eigenvalue weighted by atomic mass is 9.91. The summed E-state index contributed by atoms with van der Waals surface area (Å²) in [6.45, 7) is 6.03. The SMILES string of the molecule is Cc1ccc(-c2nc(N3CCN(C(=O)OC(C)(C)C)CC(F)(F)C3)no2)cc1N(C)C1CCC1. The predicted molar refractivity (Wildman–Crippen MR) is 125 cm³/mol. The van der Waals surface area contributed by atoms with Crippen LogP contribution in [0.4, 0.5) is 25.2 Å². The van der Waals surface area contributed by atoms with E-state index in [0.29, 0.717) is 6.04 Å². The molecular weight excluding hydrogens is 444 g/mol. The first kappa shape index (κ1) is 24.2. The van der Waals surface area contributed by atoms with Crippen molar-refractivity contribution >= 4 is 17.7 Å². The van der Waals surface area contributed by atoms with Crippen molar-refractivity contribution in [2.45, 2.75) is 64.5 Å². The van der Waals surface area contributed by atoms with Crippen LogP contribution in [0.1, 0.15) is 45.6 Å². The molecule has 1 aromatic carbocycles. The second-order valence-corrected chi connectivity index (χ2v) is 10.3. The Kier molecular flexibility index (Phi) is 6.44. The van der Waals surface area contributed by atoms with Gasteiger partial charge in [-0.25, -0.2) is 13.6 Å². The van der Waals surface area contributed by atoms with E-state index in [-0.39, 0.29) is 24.9 Å². The molecule has 2 heterocycles. The third-order valence-corrected chi connectivity index (χ3v) is 6.29. The van der Waals surface area contributed by atoms with Gasteiger partial charge in [-0.2, -0.15) is 4.98 Å². The molecule has 0 radical (unpaired) electrons. The molecule has 0 bridgehead atoms. The van der Waals surface area contributed by atoms with Crippen LogP contribution < -0.4 is 9.80 Å². The maximum absolute atomic E-state index is 14.7. The lowest BCUT2D eigenvalue weighted by Crippen LogP contribution is -2.44. The normalized spacial score (nSPS) is 18.9. The van der Waals surface area contributed by atoms with Crippen molar-refractivity contribution in [3.05, 3.63) is 23.8 Å². The monoisotopic (exact) mass is 477 g/mol. The van der Waals surface area contributed by atoms with E-state index in [2.05, 4.69) is 29.0 Å². The number of rotatable bonds is 4. The lowest BCUT2D eigenvalue weighted by Gasteiger charge is -2.37. The molecule has 1 amide bonds. The first-order chi connectivity index (χ1) is 15.9. The van der Waals surface area contributed by atoms with E-state index in [9.17, 15) is 13.6 Å². The molecule has 1 aromatic heterocycles. The van der Waals surface area contributed by atoms with Crippen LogP contribution >= 0.6 is 0 Å². The van der Waals surface area contributed by atoms with Crippen LogP contribution in [0.25, 0.3) is 11.5 Å². The number of alkyl halides is 2. The molecule has 1 aliphatic carbocycles. The molecule has 1 saturated carbocycles. The summed E-state index contributed by atoms with van der Waals surface area (Å²) in [7, 11) is 2.09. The maximum atomic E-state index is 14.7. The van der Waals surface area contributed by atoms with Crippen LogP contribution in [0.2, 0.25) is 0 Å². The van der Waals surface area contributed by atoms with Crippen LogP contribution in [-0.2, 0) is 4.74 Å². The number of benzene rings is 1. The zero-order chi connectivity index (χ0) is 24.7. The fourth-order valence-electron chi connectivity index (χ4n) is 4.22. The highest BCUT2D eigenvalue weighted by Gasteiger charge is 2.41. The molecule has 186 valence electrons. The van der Waals surface area contributed by atoms with Crippen LogP contribution in [0, 0.1) is 6.92 Å². The summed E-state index contributed by atoms with van der Waals surface area (Å²) in [4.78, 5) is 21.5. The number of hydrogen-bond acceptors (Lipinski definition) is 7. The topological polar surface area (TPSA) is 74.9 Å². The van der Waals surface area contributed by atoms with Gasteiger partial charge in [-0.05, 0) is 69.8 Å². The molecule has 4 rings (SSSR count). The Morgan fingerprint density at radius 3 is 2.62 bits per heavy atom. The van der Waals surface area contributed by atoms with Gasteiger partial charge in [0.2, 0.25) is 0 Å². The molecule has 2 fully saturated rings. The highest BCUT2D eigenvalue weighted by molar-refractivity contribution is 5.69. The quantitative estimate of drug-likeness (QED) is 0.630. The average molecular weight is 478 g/mol. The first-order valence-corrected chi connectivity index (χ1v) is 11.7. The number of hydrogen-bond donors (Lipinski definition) is 0. The van der Waals surface area contributed by atoms with Crippen molar-refractivity contribution in [3.8, 4) is 11.5 Å². The molecule has 0 unspecified atom stereocenters. The van der Waals surface area contributed by atoms with Gasteiger partial charge in [0.25, 0.3) is 17.8 Å². The van der Waals surface area contributed by atoms with Gasteiger partial charge in [0.05, 0.1) is 13.1 Å². The van der Waals surface area contributed by atoms with E-state index in [1.54, 1.807) is 20.8 Å². The van der Waals surface area contributed by atoms with Gasteiger partial charge in [0, 0.05) is 37.4 Å². The Balaban J connectivity index is 1.51. The van der Waals surface area contributed by atoms with Crippen LogP contribution in [0.3, 0.4) is 0 Å². The lowest BCUT2D eigenvalue weighted by molar-refractivity contribution is -0.0285. The van der Waals surface area contributed by atoms with E-state index in [1.165, 1.54) is 24.2 Å². The number of carbonyl (C=O) groups excluding carboxylic acids is 1. The molecule has 8 nitrogen and oxygen atoms in total. The minimum Gasteiger partial charge on any atom is -0.444 e. The molecule has 2 aliphatic rings. The second kappa shape index (κ2) is 9.03. The summed E-state index contributed by atoms with van der Waals surface area (Å²) < 4.78 is 40.1. The van der Waals surface area contributed by atoms with E-state index in [0.717, 1.165) is 21.7 Å². The summed E-state index contributed by atoms with van der Waals surface area (Å²) in [5, 5.41) is 3.97. The third-order valence-electron chi connectivity index (χ3n) is 6.29. The Hall–Kier alpha value is -2.91. The zero-order valence-corrected chi connectivity index (χ0v) is 20.5. The van der Waals surface area contributed by atoms with E-state index in [4.69, 9.17) is 9.26 Å². The maximum Gasteiger partial charge on any atom is 0.410 e. The van der Waals surface area contributed by atoms with Gasteiger partial charge < -0.3 is 24.0 Å². The van der Waals surface area contributed by atoms with Crippen LogP contribution in [0.5, 0.6) is 0 Å². The predicted octanol–water partition coefficient (Wildman–Crippen LogP) is 4.73. The van der Waals surface area contributed by atoms with E-state index < -0.39 is 30.7 Å². The van der Waals surface area contributed by atoms with Gasteiger partial charge in [-0.15, -0.1) is 0 Å². The smallest absolute Gasteiger partial charge is 0.410 e. The summed E-state index contributed by atoms with van der Waals surface area (Å²) in [6.07, 6.45) is 2.83. The average Bonchev–Trinajstić information content (AvgIpc) is 3.11. The Morgan fingerprint density at radius 2 is 1.97 bits per heavy atom. The molecule has 1 aliphatic heterocycles. The van der Waals surface area contributed by atoms with E-state index >= 15 is 0 Å². The Bertz CT molecular complexity index is 1030. The number of carbonyl (C=O) groups is 1.